The number of hydrogen-bond donors (Lipinski definition) is 1. The summed E-state index contributed by atoms with van der Waals surface area (Å²) in [6, 6.07) is 7.61. The molecule has 0 aliphatic carbocycles. The van der Waals surface area contributed by atoms with Crippen molar-refractivity contribution in [2.45, 2.75) is 51.0 Å². The highest BCUT2D eigenvalue weighted by atomic mass is 32.2. The molecule has 0 spiro atoms. The van der Waals surface area contributed by atoms with Crippen molar-refractivity contribution in [3.8, 4) is 0 Å². The molecule has 0 aliphatic heterocycles. The summed E-state index contributed by atoms with van der Waals surface area (Å²) in [7, 11) is -3.16. The van der Waals surface area contributed by atoms with E-state index in [1.807, 2.05) is 12.1 Å². The first-order valence-electron chi connectivity index (χ1n) is 6.99. The van der Waals surface area contributed by atoms with E-state index in [4.69, 9.17) is 0 Å². The van der Waals surface area contributed by atoms with Crippen LogP contribution >= 0.6 is 0 Å². The van der Waals surface area contributed by atoms with E-state index in [-0.39, 0.29) is 17.7 Å². The van der Waals surface area contributed by atoms with E-state index in [1.54, 1.807) is 19.1 Å². The Kier molecular flexibility index (Phi) is 6.01. The van der Waals surface area contributed by atoms with Gasteiger partial charge in [0.1, 0.15) is 0 Å². The predicted octanol–water partition coefficient (Wildman–Crippen LogP) is 2.97. The van der Waals surface area contributed by atoms with E-state index in [9.17, 15) is 8.42 Å². The van der Waals surface area contributed by atoms with Crippen molar-refractivity contribution < 1.29 is 8.42 Å². The Hall–Kier alpha value is -0.870. The third-order valence-electron chi connectivity index (χ3n) is 3.59. The maximum atomic E-state index is 12.1. The molecule has 0 heterocycles. The molecule has 19 heavy (non-hydrogen) atoms. The minimum absolute atomic E-state index is 0.146. The molecule has 0 radical (unpaired) electrons. The molecule has 0 amide bonds. The van der Waals surface area contributed by atoms with E-state index in [1.165, 1.54) is 0 Å². The second kappa shape index (κ2) is 7.06. The van der Waals surface area contributed by atoms with Crippen molar-refractivity contribution in [1.82, 2.24) is 5.32 Å². The van der Waals surface area contributed by atoms with Gasteiger partial charge in [-0.1, -0.05) is 39.0 Å². The van der Waals surface area contributed by atoms with E-state index < -0.39 is 9.84 Å². The highest BCUT2D eigenvalue weighted by molar-refractivity contribution is 7.91. The molecule has 2 atom stereocenters. The largest absolute Gasteiger partial charge is 0.314 e. The van der Waals surface area contributed by atoms with Crippen LogP contribution in [-0.2, 0) is 9.84 Å². The fourth-order valence-corrected chi connectivity index (χ4v) is 3.32. The van der Waals surface area contributed by atoms with Gasteiger partial charge in [-0.3, -0.25) is 0 Å². The zero-order valence-corrected chi connectivity index (χ0v) is 13.1. The Morgan fingerprint density at radius 2 is 1.79 bits per heavy atom. The van der Waals surface area contributed by atoms with Crippen LogP contribution in [-0.4, -0.2) is 26.8 Å². The number of sulfone groups is 1. The summed E-state index contributed by atoms with van der Waals surface area (Å²) in [5.41, 5.74) is 0.917. The minimum Gasteiger partial charge on any atom is -0.314 e. The summed E-state index contributed by atoms with van der Waals surface area (Å²) in [4.78, 5) is 0.482. The molecule has 0 saturated carbocycles. The van der Waals surface area contributed by atoms with Crippen LogP contribution in [0.1, 0.15) is 45.6 Å². The minimum atomic E-state index is -3.16. The van der Waals surface area contributed by atoms with Crippen LogP contribution < -0.4 is 5.32 Å². The van der Waals surface area contributed by atoms with Crippen LogP contribution in [0.3, 0.4) is 0 Å². The number of benzene rings is 1. The Morgan fingerprint density at radius 1 is 1.16 bits per heavy atom. The van der Waals surface area contributed by atoms with E-state index in [0.29, 0.717) is 4.90 Å². The van der Waals surface area contributed by atoms with Gasteiger partial charge in [-0.2, -0.15) is 0 Å². The van der Waals surface area contributed by atoms with Gasteiger partial charge in [0.2, 0.25) is 0 Å². The average molecular weight is 283 g/mol. The lowest BCUT2D eigenvalue weighted by molar-refractivity contribution is 0.476. The standard InChI is InChI=1S/C15H25NO2S/c1-5-11-16-13(4)12(3)14-9-7-8-10-15(14)19(17,18)6-2/h7-10,12-13,16H,5-6,11H2,1-4H3. The molecule has 0 saturated heterocycles. The van der Waals surface area contributed by atoms with Crippen molar-refractivity contribution >= 4 is 9.84 Å². The van der Waals surface area contributed by atoms with E-state index in [2.05, 4.69) is 26.1 Å². The summed E-state index contributed by atoms with van der Waals surface area (Å²) in [6.07, 6.45) is 1.08. The first kappa shape index (κ1) is 16.2. The molecule has 1 rings (SSSR count). The maximum Gasteiger partial charge on any atom is 0.178 e. The van der Waals surface area contributed by atoms with Crippen LogP contribution in [0.5, 0.6) is 0 Å². The normalized spacial score (nSPS) is 15.2. The summed E-state index contributed by atoms with van der Waals surface area (Å²) < 4.78 is 24.3. The van der Waals surface area contributed by atoms with Crippen LogP contribution in [0.4, 0.5) is 0 Å². The highest BCUT2D eigenvalue weighted by Gasteiger charge is 2.22. The van der Waals surface area contributed by atoms with E-state index in [0.717, 1.165) is 18.5 Å². The van der Waals surface area contributed by atoms with Crippen molar-refractivity contribution in [3.05, 3.63) is 29.8 Å². The summed E-state index contributed by atoms with van der Waals surface area (Å²) in [5.74, 6) is 0.317. The highest BCUT2D eigenvalue weighted by Crippen LogP contribution is 2.27. The van der Waals surface area contributed by atoms with Gasteiger partial charge >= 0.3 is 0 Å². The second-order valence-corrected chi connectivity index (χ2v) is 7.22. The van der Waals surface area contributed by atoms with Crippen LogP contribution in [0.2, 0.25) is 0 Å². The first-order valence-corrected chi connectivity index (χ1v) is 8.64. The maximum absolute atomic E-state index is 12.1. The molecule has 1 aromatic carbocycles. The second-order valence-electron chi connectivity index (χ2n) is 4.97. The van der Waals surface area contributed by atoms with Crippen LogP contribution in [0.15, 0.2) is 29.2 Å². The molecule has 1 aromatic rings. The Morgan fingerprint density at radius 3 is 2.37 bits per heavy atom. The summed E-state index contributed by atoms with van der Waals surface area (Å²) in [5, 5.41) is 3.43. The molecule has 0 aromatic heterocycles. The predicted molar refractivity (Wildman–Crippen MR) is 80.3 cm³/mol. The van der Waals surface area contributed by atoms with Crippen LogP contribution in [0, 0.1) is 0 Å². The lowest BCUT2D eigenvalue weighted by atomic mass is 9.94. The summed E-state index contributed by atoms with van der Waals surface area (Å²) in [6.45, 7) is 8.95. The van der Waals surface area contributed by atoms with Crippen molar-refractivity contribution in [2.24, 2.45) is 0 Å². The fourth-order valence-electron chi connectivity index (χ4n) is 2.11. The Bertz CT molecular complexity index is 497. The number of rotatable bonds is 7. The molecule has 1 N–H and O–H groups in total. The van der Waals surface area contributed by atoms with Gasteiger partial charge in [-0.25, -0.2) is 8.42 Å². The summed E-state index contributed by atoms with van der Waals surface area (Å²) >= 11 is 0. The monoisotopic (exact) mass is 283 g/mol. The molecular weight excluding hydrogens is 258 g/mol. The average Bonchev–Trinajstić information content (AvgIpc) is 2.43. The quantitative estimate of drug-likeness (QED) is 0.837. The van der Waals surface area contributed by atoms with Crippen molar-refractivity contribution in [3.63, 3.8) is 0 Å². The Labute approximate surface area is 117 Å². The number of hydrogen-bond acceptors (Lipinski definition) is 3. The van der Waals surface area contributed by atoms with Gasteiger partial charge in [0, 0.05) is 6.04 Å². The molecule has 0 aliphatic rings. The molecule has 3 nitrogen and oxygen atoms in total. The SMILES string of the molecule is CCCNC(C)C(C)c1ccccc1S(=O)(=O)CC. The third-order valence-corrected chi connectivity index (χ3v) is 5.39. The van der Waals surface area contributed by atoms with Gasteiger partial charge < -0.3 is 5.32 Å². The van der Waals surface area contributed by atoms with Crippen molar-refractivity contribution in [1.29, 1.82) is 0 Å². The smallest absolute Gasteiger partial charge is 0.178 e. The molecule has 4 heteroatoms. The molecule has 108 valence electrons. The zero-order chi connectivity index (χ0) is 14.5. The molecular formula is C15H25NO2S. The van der Waals surface area contributed by atoms with Gasteiger partial charge in [-0.15, -0.1) is 0 Å². The number of nitrogens with one attached hydrogen (secondary N) is 1. The molecule has 0 bridgehead atoms. The Balaban J connectivity index is 3.07. The zero-order valence-electron chi connectivity index (χ0n) is 12.3. The fraction of sp³-hybridized carbons (Fsp3) is 0.600. The lowest BCUT2D eigenvalue weighted by Gasteiger charge is -2.23. The van der Waals surface area contributed by atoms with E-state index >= 15 is 0 Å². The topological polar surface area (TPSA) is 46.2 Å². The first-order chi connectivity index (χ1) is 8.94. The molecule has 2 unspecified atom stereocenters. The van der Waals surface area contributed by atoms with Gasteiger partial charge in [0.25, 0.3) is 0 Å². The van der Waals surface area contributed by atoms with Gasteiger partial charge in [-0.05, 0) is 37.4 Å². The third kappa shape index (κ3) is 4.05. The van der Waals surface area contributed by atoms with Crippen LogP contribution in [0.25, 0.3) is 0 Å². The van der Waals surface area contributed by atoms with Crippen molar-refractivity contribution in [2.75, 3.05) is 12.3 Å². The molecule has 0 fully saturated rings. The van der Waals surface area contributed by atoms with Gasteiger partial charge in [0.15, 0.2) is 9.84 Å². The van der Waals surface area contributed by atoms with Gasteiger partial charge in [0.05, 0.1) is 10.6 Å². The lowest BCUT2D eigenvalue weighted by Crippen LogP contribution is -2.32.